The first-order valence-electron chi connectivity index (χ1n) is 10.9. The van der Waals surface area contributed by atoms with Crippen LogP contribution in [0.1, 0.15) is 46.9 Å². The number of esters is 1. The van der Waals surface area contributed by atoms with Crippen molar-refractivity contribution in [1.82, 2.24) is 5.32 Å². The fraction of sp³-hybridized carbons (Fsp3) is 0.375. The number of hydrogen-bond acceptors (Lipinski definition) is 6. The van der Waals surface area contributed by atoms with Crippen LogP contribution >= 0.6 is 0 Å². The Morgan fingerprint density at radius 2 is 1.69 bits per heavy atom. The van der Waals surface area contributed by atoms with Crippen LogP contribution in [0.3, 0.4) is 0 Å². The van der Waals surface area contributed by atoms with E-state index in [-0.39, 0.29) is 30.4 Å². The first-order valence-corrected chi connectivity index (χ1v) is 10.9. The summed E-state index contributed by atoms with van der Waals surface area (Å²) in [5, 5.41) is 8.67. The van der Waals surface area contributed by atoms with E-state index < -0.39 is 0 Å². The Labute approximate surface area is 187 Å². The summed E-state index contributed by atoms with van der Waals surface area (Å²) >= 11 is 0. The van der Waals surface area contributed by atoms with Crippen molar-refractivity contribution in [3.05, 3.63) is 59.7 Å². The summed E-state index contributed by atoms with van der Waals surface area (Å²) in [6.45, 7) is 3.64. The number of amides is 2. The lowest BCUT2D eigenvalue weighted by Crippen LogP contribution is -2.31. The molecule has 1 aliphatic rings. The lowest BCUT2D eigenvalue weighted by atomic mass is 10.2. The molecule has 0 radical (unpaired) electrons. The Kier molecular flexibility index (Phi) is 8.62. The van der Waals surface area contributed by atoms with Crippen LogP contribution in [0.5, 0.6) is 0 Å². The highest BCUT2D eigenvalue weighted by Crippen LogP contribution is 2.13. The van der Waals surface area contributed by atoms with E-state index in [4.69, 9.17) is 9.47 Å². The fourth-order valence-electron chi connectivity index (χ4n) is 3.21. The third-order valence-corrected chi connectivity index (χ3v) is 4.96. The smallest absolute Gasteiger partial charge is 0.338 e. The number of rotatable bonds is 10. The predicted molar refractivity (Wildman–Crippen MR) is 122 cm³/mol. The molecule has 32 heavy (non-hydrogen) atoms. The number of carbonyl (C=O) groups is 3. The molecule has 0 bridgehead atoms. The van der Waals surface area contributed by atoms with E-state index in [1.807, 2.05) is 6.92 Å². The number of ether oxygens (including phenoxy) is 2. The van der Waals surface area contributed by atoms with Crippen molar-refractivity contribution in [1.29, 1.82) is 0 Å². The van der Waals surface area contributed by atoms with E-state index in [1.165, 1.54) is 0 Å². The first kappa shape index (κ1) is 23.3. The van der Waals surface area contributed by atoms with Gasteiger partial charge < -0.3 is 25.4 Å². The minimum Gasteiger partial charge on any atom is -0.462 e. The molecule has 1 atom stereocenters. The van der Waals surface area contributed by atoms with Crippen molar-refractivity contribution in [2.24, 2.45) is 0 Å². The molecule has 8 nitrogen and oxygen atoms in total. The molecule has 8 heteroatoms. The topological polar surface area (TPSA) is 106 Å². The highest BCUT2D eigenvalue weighted by Gasteiger charge is 2.16. The van der Waals surface area contributed by atoms with Crippen molar-refractivity contribution >= 4 is 29.2 Å². The van der Waals surface area contributed by atoms with E-state index in [9.17, 15) is 14.4 Å². The van der Waals surface area contributed by atoms with Gasteiger partial charge in [0.1, 0.15) is 0 Å². The van der Waals surface area contributed by atoms with Crippen molar-refractivity contribution in [2.75, 3.05) is 36.9 Å². The molecular formula is C24H29N3O5. The summed E-state index contributed by atoms with van der Waals surface area (Å²) < 4.78 is 10.6. The molecule has 1 saturated heterocycles. The van der Waals surface area contributed by atoms with Crippen molar-refractivity contribution in [3.63, 3.8) is 0 Å². The van der Waals surface area contributed by atoms with Gasteiger partial charge in [-0.25, -0.2) is 4.79 Å². The summed E-state index contributed by atoms with van der Waals surface area (Å²) in [5.41, 5.74) is 2.30. The molecule has 3 N–H and O–H groups in total. The number of carbonyl (C=O) groups excluding carboxylic acids is 3. The van der Waals surface area contributed by atoms with Gasteiger partial charge in [-0.15, -0.1) is 0 Å². The van der Waals surface area contributed by atoms with Gasteiger partial charge in [0.25, 0.3) is 5.91 Å². The fourth-order valence-corrected chi connectivity index (χ4v) is 3.21. The molecule has 2 aromatic rings. The summed E-state index contributed by atoms with van der Waals surface area (Å²) in [5.74, 6) is -0.758. The molecule has 2 amide bonds. The molecule has 1 aliphatic heterocycles. The molecule has 3 rings (SSSR count). The maximum absolute atomic E-state index is 12.2. The highest BCUT2D eigenvalue weighted by atomic mass is 16.5. The number of hydrogen-bond donors (Lipinski definition) is 3. The SMILES string of the molecule is CCCOC(=O)c1ccc(NC(=O)CNc2ccc(C(=O)NCC3CCCO3)cc2)cc1. The summed E-state index contributed by atoms with van der Waals surface area (Å²) in [6.07, 6.45) is 2.87. The standard InChI is InChI=1S/C24H29N3O5/c1-2-13-32-24(30)18-7-11-20(12-8-18)27-22(28)16-25-19-9-5-17(6-10-19)23(29)26-15-21-4-3-14-31-21/h5-12,21,25H,2-4,13-16H2,1H3,(H,26,29)(H,27,28). The maximum atomic E-state index is 12.2. The quantitative estimate of drug-likeness (QED) is 0.491. The van der Waals surface area contributed by atoms with Gasteiger partial charge in [0.15, 0.2) is 0 Å². The van der Waals surface area contributed by atoms with E-state index in [0.717, 1.165) is 31.6 Å². The van der Waals surface area contributed by atoms with E-state index in [2.05, 4.69) is 16.0 Å². The zero-order valence-corrected chi connectivity index (χ0v) is 18.2. The largest absolute Gasteiger partial charge is 0.462 e. The Bertz CT molecular complexity index is 906. The van der Waals surface area contributed by atoms with Crippen molar-refractivity contribution < 1.29 is 23.9 Å². The third-order valence-electron chi connectivity index (χ3n) is 4.96. The van der Waals surface area contributed by atoms with Gasteiger partial charge in [0, 0.05) is 30.1 Å². The minimum absolute atomic E-state index is 0.0604. The van der Waals surface area contributed by atoms with E-state index >= 15 is 0 Å². The van der Waals surface area contributed by atoms with Crippen molar-refractivity contribution in [2.45, 2.75) is 32.3 Å². The lowest BCUT2D eigenvalue weighted by Gasteiger charge is -2.11. The van der Waals surface area contributed by atoms with Gasteiger partial charge in [-0.1, -0.05) is 6.92 Å². The molecule has 0 aromatic heterocycles. The van der Waals surface area contributed by atoms with Gasteiger partial charge in [0.2, 0.25) is 5.91 Å². The Hall–Kier alpha value is -3.39. The highest BCUT2D eigenvalue weighted by molar-refractivity contribution is 5.96. The molecule has 2 aromatic carbocycles. The second-order valence-corrected chi connectivity index (χ2v) is 7.54. The van der Waals surface area contributed by atoms with Crippen LogP contribution in [-0.2, 0) is 14.3 Å². The molecule has 0 spiro atoms. The maximum Gasteiger partial charge on any atom is 0.338 e. The zero-order chi connectivity index (χ0) is 22.8. The van der Waals surface area contributed by atoms with Crippen LogP contribution in [0.4, 0.5) is 11.4 Å². The van der Waals surface area contributed by atoms with E-state index in [1.54, 1.807) is 48.5 Å². The number of benzene rings is 2. The molecule has 170 valence electrons. The first-order chi connectivity index (χ1) is 15.5. The van der Waals surface area contributed by atoms with Crippen LogP contribution in [0.2, 0.25) is 0 Å². The summed E-state index contributed by atoms with van der Waals surface area (Å²) in [6, 6.07) is 13.5. The molecule has 1 fully saturated rings. The van der Waals surface area contributed by atoms with Crippen LogP contribution in [0.25, 0.3) is 0 Å². The average molecular weight is 440 g/mol. The van der Waals surface area contributed by atoms with Gasteiger partial charge >= 0.3 is 5.97 Å². The third kappa shape index (κ3) is 7.09. The minimum atomic E-state index is -0.379. The average Bonchev–Trinajstić information content (AvgIpc) is 3.34. The molecule has 1 unspecified atom stereocenters. The predicted octanol–water partition coefficient (Wildman–Crippen LogP) is 3.21. The molecule has 0 saturated carbocycles. The van der Waals surface area contributed by atoms with Crippen LogP contribution in [0, 0.1) is 0 Å². The molecular weight excluding hydrogens is 410 g/mol. The summed E-state index contributed by atoms with van der Waals surface area (Å²) in [4.78, 5) is 36.2. The van der Waals surface area contributed by atoms with Gasteiger partial charge in [-0.3, -0.25) is 9.59 Å². The summed E-state index contributed by atoms with van der Waals surface area (Å²) in [7, 11) is 0. The van der Waals surface area contributed by atoms with Gasteiger partial charge in [-0.05, 0) is 67.8 Å². The van der Waals surface area contributed by atoms with Gasteiger partial charge in [0.05, 0.1) is 24.8 Å². The Morgan fingerprint density at radius 1 is 1.00 bits per heavy atom. The monoisotopic (exact) mass is 439 g/mol. The van der Waals surface area contributed by atoms with Crippen LogP contribution in [-0.4, -0.2) is 50.2 Å². The molecule has 1 heterocycles. The Morgan fingerprint density at radius 3 is 2.34 bits per heavy atom. The second kappa shape index (κ2) is 11.9. The van der Waals surface area contributed by atoms with E-state index in [0.29, 0.717) is 30.0 Å². The number of anilines is 2. The second-order valence-electron chi connectivity index (χ2n) is 7.54. The van der Waals surface area contributed by atoms with Crippen LogP contribution in [0.15, 0.2) is 48.5 Å². The van der Waals surface area contributed by atoms with Crippen LogP contribution < -0.4 is 16.0 Å². The zero-order valence-electron chi connectivity index (χ0n) is 18.2. The Balaban J connectivity index is 1.41. The molecule has 0 aliphatic carbocycles. The van der Waals surface area contributed by atoms with Crippen molar-refractivity contribution in [3.8, 4) is 0 Å². The normalized spacial score (nSPS) is 15.1. The lowest BCUT2D eigenvalue weighted by molar-refractivity contribution is -0.114. The number of nitrogens with one attached hydrogen (secondary N) is 3. The van der Waals surface area contributed by atoms with Gasteiger partial charge in [-0.2, -0.15) is 0 Å².